The standard InChI is InChI=1S/C23H31N5O3/c1-5-11-24-20(29)18-19-21(30)28(12-6-2)23(4,14-27(19)15-26-18)22(31)25-13-17-9-7-16(3)8-10-17/h7-10,15H,5-6,11-14H2,1-4H3,(H,24,29)(H,25,31). The monoisotopic (exact) mass is 425 g/mol. The van der Waals surface area contributed by atoms with Crippen molar-refractivity contribution in [3.8, 4) is 0 Å². The van der Waals surface area contributed by atoms with Gasteiger partial charge in [0.25, 0.3) is 11.8 Å². The Morgan fingerprint density at radius 1 is 1.13 bits per heavy atom. The molecule has 0 saturated heterocycles. The van der Waals surface area contributed by atoms with Crippen molar-refractivity contribution in [3.05, 3.63) is 53.1 Å². The van der Waals surface area contributed by atoms with Gasteiger partial charge in [0.05, 0.1) is 12.9 Å². The minimum atomic E-state index is -1.08. The summed E-state index contributed by atoms with van der Waals surface area (Å²) in [5.41, 5.74) is 1.42. The summed E-state index contributed by atoms with van der Waals surface area (Å²) in [6, 6.07) is 7.95. The van der Waals surface area contributed by atoms with Crippen LogP contribution in [0.1, 0.15) is 65.7 Å². The summed E-state index contributed by atoms with van der Waals surface area (Å²) in [5.74, 6) is -0.945. The molecule has 8 heteroatoms. The van der Waals surface area contributed by atoms with Crippen molar-refractivity contribution in [1.82, 2.24) is 25.1 Å². The van der Waals surface area contributed by atoms with Crippen LogP contribution in [0.3, 0.4) is 0 Å². The number of fused-ring (bicyclic) bond motifs is 1. The molecule has 0 spiro atoms. The number of carbonyl (C=O) groups is 3. The first kappa shape index (κ1) is 22.5. The maximum absolute atomic E-state index is 13.4. The summed E-state index contributed by atoms with van der Waals surface area (Å²) in [6.07, 6.45) is 2.96. The Balaban J connectivity index is 1.86. The smallest absolute Gasteiger partial charge is 0.273 e. The average molecular weight is 426 g/mol. The summed E-state index contributed by atoms with van der Waals surface area (Å²) in [4.78, 5) is 44.9. The van der Waals surface area contributed by atoms with Gasteiger partial charge in [-0.2, -0.15) is 0 Å². The summed E-state index contributed by atoms with van der Waals surface area (Å²) in [6.45, 7) is 9.23. The van der Waals surface area contributed by atoms with Gasteiger partial charge in [-0.25, -0.2) is 4.98 Å². The molecule has 0 aliphatic carbocycles. The first-order chi connectivity index (χ1) is 14.8. The van der Waals surface area contributed by atoms with Gasteiger partial charge in [0.15, 0.2) is 5.69 Å². The maximum atomic E-state index is 13.4. The summed E-state index contributed by atoms with van der Waals surface area (Å²) < 4.78 is 1.63. The van der Waals surface area contributed by atoms with Crippen molar-refractivity contribution in [2.24, 2.45) is 0 Å². The largest absolute Gasteiger partial charge is 0.351 e. The molecule has 0 radical (unpaired) electrons. The normalized spacial score (nSPS) is 17.9. The molecule has 0 saturated carbocycles. The molecule has 2 heterocycles. The Hall–Kier alpha value is -3.16. The summed E-state index contributed by atoms with van der Waals surface area (Å²) >= 11 is 0. The van der Waals surface area contributed by atoms with Crippen molar-refractivity contribution in [2.45, 2.75) is 59.2 Å². The predicted molar refractivity (Wildman–Crippen MR) is 118 cm³/mol. The third-order valence-electron chi connectivity index (χ3n) is 5.62. The van der Waals surface area contributed by atoms with Gasteiger partial charge in [0.2, 0.25) is 5.91 Å². The van der Waals surface area contributed by atoms with Gasteiger partial charge in [0.1, 0.15) is 11.2 Å². The van der Waals surface area contributed by atoms with Gasteiger partial charge in [0, 0.05) is 19.6 Å². The van der Waals surface area contributed by atoms with Crippen LogP contribution in [0.25, 0.3) is 0 Å². The van der Waals surface area contributed by atoms with E-state index in [-0.39, 0.29) is 35.7 Å². The van der Waals surface area contributed by atoms with Crippen molar-refractivity contribution in [2.75, 3.05) is 13.1 Å². The lowest BCUT2D eigenvalue weighted by molar-refractivity contribution is -0.133. The number of imidazole rings is 1. The van der Waals surface area contributed by atoms with Gasteiger partial charge >= 0.3 is 0 Å². The lowest BCUT2D eigenvalue weighted by Crippen LogP contribution is -2.64. The van der Waals surface area contributed by atoms with E-state index in [9.17, 15) is 14.4 Å². The van der Waals surface area contributed by atoms with Crippen LogP contribution in [-0.2, 0) is 17.9 Å². The molecule has 1 aliphatic heterocycles. The highest BCUT2D eigenvalue weighted by Gasteiger charge is 2.48. The highest BCUT2D eigenvalue weighted by atomic mass is 16.2. The van der Waals surface area contributed by atoms with E-state index in [1.807, 2.05) is 45.0 Å². The van der Waals surface area contributed by atoms with Crippen LogP contribution in [0.15, 0.2) is 30.6 Å². The molecule has 8 nitrogen and oxygen atoms in total. The summed E-state index contributed by atoms with van der Waals surface area (Å²) in [7, 11) is 0. The molecule has 166 valence electrons. The average Bonchev–Trinajstić information content (AvgIpc) is 3.18. The Labute approximate surface area is 183 Å². The number of aryl methyl sites for hydroxylation is 1. The van der Waals surface area contributed by atoms with E-state index in [0.717, 1.165) is 17.5 Å². The number of nitrogens with zero attached hydrogens (tertiary/aromatic N) is 3. The molecule has 1 unspecified atom stereocenters. The second-order valence-electron chi connectivity index (χ2n) is 8.22. The first-order valence-electron chi connectivity index (χ1n) is 10.8. The second kappa shape index (κ2) is 9.32. The molecular formula is C23H31N5O3. The molecule has 1 atom stereocenters. The molecule has 1 aromatic heterocycles. The minimum absolute atomic E-state index is 0.113. The Kier molecular flexibility index (Phi) is 6.77. The fourth-order valence-electron chi connectivity index (χ4n) is 3.83. The molecule has 1 aliphatic rings. The van der Waals surface area contributed by atoms with E-state index in [0.29, 0.717) is 26.1 Å². The van der Waals surface area contributed by atoms with Crippen LogP contribution in [0, 0.1) is 6.92 Å². The van der Waals surface area contributed by atoms with E-state index in [1.54, 1.807) is 16.4 Å². The second-order valence-corrected chi connectivity index (χ2v) is 8.22. The van der Waals surface area contributed by atoms with Gasteiger partial charge < -0.3 is 20.1 Å². The Morgan fingerprint density at radius 3 is 2.48 bits per heavy atom. The quantitative estimate of drug-likeness (QED) is 0.678. The number of amides is 3. The van der Waals surface area contributed by atoms with Crippen LogP contribution in [-0.4, -0.2) is 50.8 Å². The highest BCUT2D eigenvalue weighted by molar-refractivity contribution is 6.07. The van der Waals surface area contributed by atoms with Crippen LogP contribution in [0.4, 0.5) is 0 Å². The SMILES string of the molecule is CCCNC(=O)c1ncn2c1C(=O)N(CCC)C(C)(C(=O)NCc1ccc(C)cc1)C2. The van der Waals surface area contributed by atoms with Gasteiger partial charge in [-0.1, -0.05) is 43.7 Å². The van der Waals surface area contributed by atoms with E-state index in [2.05, 4.69) is 15.6 Å². The molecule has 0 fully saturated rings. The molecule has 2 N–H and O–H groups in total. The zero-order chi connectivity index (χ0) is 22.6. The molecule has 0 bridgehead atoms. The van der Waals surface area contributed by atoms with Gasteiger partial charge in [-0.3, -0.25) is 14.4 Å². The van der Waals surface area contributed by atoms with Crippen LogP contribution in [0.5, 0.6) is 0 Å². The van der Waals surface area contributed by atoms with E-state index < -0.39 is 5.54 Å². The Morgan fingerprint density at radius 2 is 1.84 bits per heavy atom. The molecule has 2 aromatic rings. The number of carbonyl (C=O) groups excluding carboxylic acids is 3. The minimum Gasteiger partial charge on any atom is -0.351 e. The van der Waals surface area contributed by atoms with Crippen molar-refractivity contribution in [1.29, 1.82) is 0 Å². The fraction of sp³-hybridized carbons (Fsp3) is 0.478. The lowest BCUT2D eigenvalue weighted by Gasteiger charge is -2.43. The number of rotatable bonds is 8. The predicted octanol–water partition coefficient (Wildman–Crippen LogP) is 2.27. The van der Waals surface area contributed by atoms with Gasteiger partial charge in [-0.15, -0.1) is 0 Å². The molecule has 31 heavy (non-hydrogen) atoms. The fourth-order valence-corrected chi connectivity index (χ4v) is 3.83. The van der Waals surface area contributed by atoms with E-state index in [1.165, 1.54) is 6.33 Å². The zero-order valence-electron chi connectivity index (χ0n) is 18.7. The van der Waals surface area contributed by atoms with Crippen LogP contribution in [0.2, 0.25) is 0 Å². The third-order valence-corrected chi connectivity index (χ3v) is 5.62. The highest BCUT2D eigenvalue weighted by Crippen LogP contribution is 2.29. The number of aromatic nitrogens is 2. The van der Waals surface area contributed by atoms with Crippen molar-refractivity contribution >= 4 is 17.7 Å². The first-order valence-corrected chi connectivity index (χ1v) is 10.8. The third kappa shape index (κ3) is 4.47. The van der Waals surface area contributed by atoms with Crippen LogP contribution < -0.4 is 10.6 Å². The summed E-state index contributed by atoms with van der Waals surface area (Å²) in [5, 5.41) is 5.75. The van der Waals surface area contributed by atoms with E-state index in [4.69, 9.17) is 0 Å². The molecule has 1 aromatic carbocycles. The van der Waals surface area contributed by atoms with Crippen molar-refractivity contribution in [3.63, 3.8) is 0 Å². The molecular weight excluding hydrogens is 394 g/mol. The zero-order valence-corrected chi connectivity index (χ0v) is 18.7. The molecule has 3 amide bonds. The topological polar surface area (TPSA) is 96.3 Å². The van der Waals surface area contributed by atoms with E-state index >= 15 is 0 Å². The Bertz CT molecular complexity index is 966. The lowest BCUT2D eigenvalue weighted by atomic mass is 9.93. The number of nitrogens with one attached hydrogen (secondary N) is 2. The van der Waals surface area contributed by atoms with Gasteiger partial charge in [-0.05, 0) is 32.3 Å². The van der Waals surface area contributed by atoms with Crippen molar-refractivity contribution < 1.29 is 14.4 Å². The van der Waals surface area contributed by atoms with Crippen LogP contribution >= 0.6 is 0 Å². The molecule has 3 rings (SSSR count). The number of benzene rings is 1. The number of hydrogen-bond donors (Lipinski definition) is 2. The maximum Gasteiger partial charge on any atom is 0.273 e. The number of hydrogen-bond acceptors (Lipinski definition) is 4.